The van der Waals surface area contributed by atoms with Crippen LogP contribution in [-0.2, 0) is 21.8 Å². The molecule has 12 heteroatoms. The molecule has 1 amide bonds. The summed E-state index contributed by atoms with van der Waals surface area (Å²) in [6.07, 6.45) is -10.3. The van der Waals surface area contributed by atoms with Gasteiger partial charge in [-0.1, -0.05) is 56.3 Å². The minimum Gasteiger partial charge on any atom is -0.496 e. The van der Waals surface area contributed by atoms with Gasteiger partial charge in [0.25, 0.3) is 0 Å². The maximum atomic E-state index is 13.7. The second-order valence-electron chi connectivity index (χ2n) is 14.9. The van der Waals surface area contributed by atoms with Gasteiger partial charge < -0.3 is 14.2 Å². The van der Waals surface area contributed by atoms with Crippen molar-refractivity contribution in [3.8, 4) is 28.0 Å². The number of nitrogens with zero attached hydrogens (tertiary/aromatic N) is 1. The number of hydrogen-bond donors (Lipinski definition) is 0. The van der Waals surface area contributed by atoms with Crippen molar-refractivity contribution in [2.24, 2.45) is 5.41 Å². The molecule has 4 aromatic rings. The highest BCUT2D eigenvalue weighted by atomic mass is 19.4. The molecule has 1 fully saturated rings. The quantitative estimate of drug-likeness (QED) is 0.132. The normalized spacial score (nSPS) is 18.7. The second kappa shape index (κ2) is 14.8. The van der Waals surface area contributed by atoms with E-state index in [0.29, 0.717) is 36.3 Å². The fourth-order valence-corrected chi connectivity index (χ4v) is 7.79. The third-order valence-corrected chi connectivity index (χ3v) is 10.6. The lowest BCUT2D eigenvalue weighted by atomic mass is 9.72. The van der Waals surface area contributed by atoms with Crippen molar-refractivity contribution in [2.75, 3.05) is 20.8 Å². The van der Waals surface area contributed by atoms with Crippen LogP contribution in [0.3, 0.4) is 0 Å². The molecule has 0 aromatic heterocycles. The van der Waals surface area contributed by atoms with E-state index in [1.165, 1.54) is 12.0 Å². The first-order valence-electron chi connectivity index (χ1n) is 17.8. The first-order chi connectivity index (χ1) is 25.8. The minimum absolute atomic E-state index is 0.0404. The SMILES string of the molecule is COC(=O)c1ccc(-c2ccc(OC)c(C3=C(CN4C(=O)O[C@@H](c5cc(C(F)(F)F)cc(C(F)(F)F)c5)[C@H]4C)CC(C)(C)CC3)c2)c(C)c1-c1ccccc1. The van der Waals surface area contributed by atoms with E-state index in [0.717, 1.165) is 50.9 Å². The number of alkyl halides is 6. The summed E-state index contributed by atoms with van der Waals surface area (Å²) in [6.45, 7) is 7.75. The number of amides is 1. The summed E-state index contributed by atoms with van der Waals surface area (Å²) in [7, 11) is 2.90. The average Bonchev–Trinajstić information content (AvgIpc) is 3.41. The maximum Gasteiger partial charge on any atom is 0.416 e. The van der Waals surface area contributed by atoms with Crippen molar-refractivity contribution in [1.82, 2.24) is 4.90 Å². The number of ether oxygens (including phenoxy) is 3. The second-order valence-corrected chi connectivity index (χ2v) is 14.9. The zero-order valence-corrected chi connectivity index (χ0v) is 31.2. The van der Waals surface area contributed by atoms with Crippen LogP contribution in [0.4, 0.5) is 31.1 Å². The summed E-state index contributed by atoms with van der Waals surface area (Å²) in [5, 5.41) is 0. The monoisotopic (exact) mass is 765 g/mol. The molecule has 0 spiro atoms. The third-order valence-electron chi connectivity index (χ3n) is 10.6. The Morgan fingerprint density at radius 1 is 0.873 bits per heavy atom. The molecule has 1 aliphatic carbocycles. The minimum atomic E-state index is -5.05. The lowest BCUT2D eigenvalue weighted by Crippen LogP contribution is -2.35. The van der Waals surface area contributed by atoms with E-state index in [9.17, 15) is 35.9 Å². The molecule has 2 atom stereocenters. The molecule has 0 saturated carbocycles. The molecule has 0 radical (unpaired) electrons. The molecular formula is C43H41F6NO5. The Morgan fingerprint density at radius 3 is 2.13 bits per heavy atom. The van der Waals surface area contributed by atoms with E-state index in [-0.39, 0.29) is 23.6 Å². The van der Waals surface area contributed by atoms with Gasteiger partial charge in [-0.05, 0) is 119 Å². The van der Waals surface area contributed by atoms with E-state index in [1.807, 2.05) is 61.5 Å². The summed E-state index contributed by atoms with van der Waals surface area (Å²) in [5.74, 6) is 0.121. The summed E-state index contributed by atoms with van der Waals surface area (Å²) in [4.78, 5) is 27.7. The van der Waals surface area contributed by atoms with Crippen LogP contribution in [0.15, 0.2) is 84.4 Å². The van der Waals surface area contributed by atoms with Crippen molar-refractivity contribution in [1.29, 1.82) is 0 Å². The molecule has 0 bridgehead atoms. The number of methoxy groups -OCH3 is 2. The van der Waals surface area contributed by atoms with Crippen molar-refractivity contribution < 1.29 is 50.1 Å². The Labute approximate surface area is 315 Å². The standard InChI is InChI=1S/C43H41F6NO5/c1-24-32(13-14-34(39(51)54-6)37(24)26-10-8-7-9-11-26)27-12-15-36(53-5)35(20-27)33-16-17-41(3,4)22-29(33)23-50-25(2)38(55-40(50)52)28-18-30(42(44,45)46)21-31(19-28)43(47,48)49/h7-15,18-21,25,38H,16-17,22-23H2,1-6H3/t25-,38-/m1/s1. The lowest BCUT2D eigenvalue weighted by molar-refractivity contribution is -0.143. The van der Waals surface area contributed by atoms with E-state index in [1.54, 1.807) is 20.1 Å². The Kier molecular flexibility index (Phi) is 10.6. The number of benzene rings is 4. The number of carbonyl (C=O) groups excluding carboxylic acids is 2. The Balaban J connectivity index is 1.42. The number of hydrogen-bond acceptors (Lipinski definition) is 5. The zero-order valence-electron chi connectivity index (χ0n) is 31.2. The Morgan fingerprint density at radius 2 is 1.53 bits per heavy atom. The molecular weight excluding hydrogens is 724 g/mol. The van der Waals surface area contributed by atoms with Crippen LogP contribution in [0, 0.1) is 12.3 Å². The summed E-state index contributed by atoms with van der Waals surface area (Å²) in [5.41, 5.74) is 3.64. The Hall–Kier alpha value is -5.26. The predicted octanol–water partition coefficient (Wildman–Crippen LogP) is 11.7. The smallest absolute Gasteiger partial charge is 0.416 e. The van der Waals surface area contributed by atoms with Gasteiger partial charge in [-0.25, -0.2) is 9.59 Å². The first kappa shape index (κ1) is 39.4. The van der Waals surface area contributed by atoms with Crippen molar-refractivity contribution in [2.45, 2.75) is 71.5 Å². The summed E-state index contributed by atoms with van der Waals surface area (Å²) < 4.78 is 98.8. The van der Waals surface area contributed by atoms with Gasteiger partial charge in [-0.3, -0.25) is 4.90 Å². The molecule has 2 aliphatic rings. The van der Waals surface area contributed by atoms with E-state index in [4.69, 9.17) is 14.2 Å². The van der Waals surface area contributed by atoms with Crippen LogP contribution in [0.5, 0.6) is 5.75 Å². The molecule has 0 unspecified atom stereocenters. The molecule has 55 heavy (non-hydrogen) atoms. The topological polar surface area (TPSA) is 65.1 Å². The molecule has 290 valence electrons. The number of cyclic esters (lactones) is 1. The highest BCUT2D eigenvalue weighted by Crippen LogP contribution is 2.48. The van der Waals surface area contributed by atoms with E-state index >= 15 is 0 Å². The first-order valence-corrected chi connectivity index (χ1v) is 17.8. The average molecular weight is 766 g/mol. The number of halogens is 6. The van der Waals surface area contributed by atoms with Gasteiger partial charge >= 0.3 is 24.4 Å². The van der Waals surface area contributed by atoms with Crippen LogP contribution < -0.4 is 4.74 Å². The number of esters is 1. The van der Waals surface area contributed by atoms with Crippen LogP contribution in [0.2, 0.25) is 0 Å². The van der Waals surface area contributed by atoms with Crippen LogP contribution >= 0.6 is 0 Å². The molecule has 1 aliphatic heterocycles. The van der Waals surface area contributed by atoms with Gasteiger partial charge in [0.2, 0.25) is 0 Å². The number of allylic oxidation sites excluding steroid dienone is 1. The molecule has 4 aromatic carbocycles. The maximum absolute atomic E-state index is 13.7. The zero-order chi connectivity index (χ0) is 40.0. The molecule has 1 heterocycles. The van der Waals surface area contributed by atoms with Crippen LogP contribution in [0.1, 0.15) is 84.3 Å². The van der Waals surface area contributed by atoms with Gasteiger partial charge in [0.15, 0.2) is 0 Å². The van der Waals surface area contributed by atoms with Crippen molar-refractivity contribution >= 4 is 17.6 Å². The number of carbonyl (C=O) groups is 2. The fraction of sp³-hybridized carbons (Fsp3) is 0.349. The van der Waals surface area contributed by atoms with Crippen molar-refractivity contribution in [3.63, 3.8) is 0 Å². The highest BCUT2D eigenvalue weighted by molar-refractivity contribution is 6.00. The van der Waals surface area contributed by atoms with Crippen LogP contribution in [-0.4, -0.2) is 43.8 Å². The molecule has 1 saturated heterocycles. The predicted molar refractivity (Wildman–Crippen MR) is 196 cm³/mol. The Bertz CT molecular complexity index is 2120. The summed E-state index contributed by atoms with van der Waals surface area (Å²) >= 11 is 0. The van der Waals surface area contributed by atoms with Gasteiger partial charge in [-0.15, -0.1) is 0 Å². The van der Waals surface area contributed by atoms with E-state index < -0.39 is 47.7 Å². The van der Waals surface area contributed by atoms with Crippen LogP contribution in [0.25, 0.3) is 27.8 Å². The van der Waals surface area contributed by atoms with Gasteiger partial charge in [0.1, 0.15) is 11.9 Å². The van der Waals surface area contributed by atoms with Gasteiger partial charge in [-0.2, -0.15) is 26.3 Å². The number of rotatable bonds is 8. The van der Waals surface area contributed by atoms with E-state index in [2.05, 4.69) is 13.8 Å². The largest absolute Gasteiger partial charge is 0.496 e. The van der Waals surface area contributed by atoms with Gasteiger partial charge in [0, 0.05) is 12.1 Å². The molecule has 0 N–H and O–H groups in total. The fourth-order valence-electron chi connectivity index (χ4n) is 7.79. The van der Waals surface area contributed by atoms with Crippen molar-refractivity contribution in [3.05, 3.63) is 118 Å². The molecule has 6 nitrogen and oxygen atoms in total. The summed E-state index contributed by atoms with van der Waals surface area (Å²) in [6, 6.07) is 19.3. The lowest BCUT2D eigenvalue weighted by Gasteiger charge is -2.36. The van der Waals surface area contributed by atoms with Gasteiger partial charge in [0.05, 0.1) is 37.0 Å². The third kappa shape index (κ3) is 7.95. The highest BCUT2D eigenvalue weighted by Gasteiger charge is 2.44. The molecule has 6 rings (SSSR count).